The molecule has 3 rings (SSSR count). The van der Waals surface area contributed by atoms with Crippen LogP contribution in [0.1, 0.15) is 12.0 Å². The molecule has 1 aromatic carbocycles. The molecule has 0 unspecified atom stereocenters. The lowest BCUT2D eigenvalue weighted by atomic mass is 10.2. The Bertz CT molecular complexity index is 726. The Kier molecular flexibility index (Phi) is 5.20. The highest BCUT2D eigenvalue weighted by atomic mass is 16.6. The minimum absolute atomic E-state index is 0.0430. The number of carbonyl (C=O) groups is 2. The molecule has 8 nitrogen and oxygen atoms in total. The van der Waals surface area contributed by atoms with Crippen LogP contribution in [0.5, 0.6) is 0 Å². The van der Waals surface area contributed by atoms with Crippen molar-refractivity contribution >= 4 is 17.9 Å². The lowest BCUT2D eigenvalue weighted by molar-refractivity contribution is -0.120. The Labute approximate surface area is 144 Å². The molecule has 0 radical (unpaired) electrons. The molecule has 0 aliphatic carbocycles. The van der Waals surface area contributed by atoms with Crippen molar-refractivity contribution in [3.8, 4) is 0 Å². The van der Waals surface area contributed by atoms with E-state index in [1.54, 1.807) is 6.07 Å². The van der Waals surface area contributed by atoms with E-state index in [0.29, 0.717) is 0 Å². The number of hydrogen-bond acceptors (Lipinski definition) is 6. The van der Waals surface area contributed by atoms with Crippen LogP contribution >= 0.6 is 0 Å². The predicted molar refractivity (Wildman–Crippen MR) is 88.4 cm³/mol. The number of anilines is 1. The molecule has 1 aliphatic heterocycles. The summed E-state index contributed by atoms with van der Waals surface area (Å²) < 4.78 is 5.26. The zero-order chi connectivity index (χ0) is 17.6. The number of benzene rings is 1. The maximum Gasteiger partial charge on any atom is 0.410 e. The van der Waals surface area contributed by atoms with Crippen molar-refractivity contribution in [2.45, 2.75) is 25.2 Å². The van der Waals surface area contributed by atoms with Crippen LogP contribution in [0.2, 0.25) is 0 Å². The van der Waals surface area contributed by atoms with E-state index in [0.717, 1.165) is 5.56 Å². The third kappa shape index (κ3) is 4.30. The second-order valence-corrected chi connectivity index (χ2v) is 5.66. The van der Waals surface area contributed by atoms with E-state index in [4.69, 9.17) is 4.74 Å². The van der Waals surface area contributed by atoms with E-state index in [-0.39, 0.29) is 25.5 Å². The van der Waals surface area contributed by atoms with Crippen molar-refractivity contribution in [3.63, 3.8) is 0 Å². The number of β-amino-alcohol motifs (C(OH)–C–C–N with tert-alkyl or cyclic N) is 1. The van der Waals surface area contributed by atoms with E-state index in [1.807, 2.05) is 30.3 Å². The van der Waals surface area contributed by atoms with E-state index in [1.165, 1.54) is 17.3 Å². The maximum absolute atomic E-state index is 12.4. The number of aliphatic hydroxyl groups is 1. The molecule has 0 spiro atoms. The van der Waals surface area contributed by atoms with Gasteiger partial charge >= 0.3 is 6.09 Å². The number of nitrogens with zero attached hydrogens (tertiary/aromatic N) is 3. The Balaban J connectivity index is 1.62. The van der Waals surface area contributed by atoms with Gasteiger partial charge in [-0.2, -0.15) is 0 Å². The summed E-state index contributed by atoms with van der Waals surface area (Å²) in [7, 11) is 0. The Morgan fingerprint density at radius 2 is 1.92 bits per heavy atom. The SMILES string of the molecule is O=C(Nc1ncccn1)[C@@H]1C[C@@H](O)CN1C(=O)OCc1ccccc1. The average Bonchev–Trinajstić information content (AvgIpc) is 3.03. The summed E-state index contributed by atoms with van der Waals surface area (Å²) in [6.07, 6.45) is 1.71. The molecule has 8 heteroatoms. The van der Waals surface area contributed by atoms with Crippen molar-refractivity contribution in [1.29, 1.82) is 0 Å². The van der Waals surface area contributed by atoms with Gasteiger partial charge in [0.1, 0.15) is 12.6 Å². The summed E-state index contributed by atoms with van der Waals surface area (Å²) in [6, 6.07) is 10.0. The fourth-order valence-electron chi connectivity index (χ4n) is 2.62. The molecule has 2 amide bonds. The topological polar surface area (TPSA) is 105 Å². The first-order chi connectivity index (χ1) is 12.1. The summed E-state index contributed by atoms with van der Waals surface area (Å²) >= 11 is 0. The number of aromatic nitrogens is 2. The molecule has 1 fully saturated rings. The Morgan fingerprint density at radius 3 is 2.64 bits per heavy atom. The van der Waals surface area contributed by atoms with Crippen LogP contribution in [0, 0.1) is 0 Å². The molecule has 1 saturated heterocycles. The van der Waals surface area contributed by atoms with E-state index >= 15 is 0 Å². The summed E-state index contributed by atoms with van der Waals surface area (Å²) in [6.45, 7) is 0.143. The van der Waals surface area contributed by atoms with Crippen LogP contribution in [0.15, 0.2) is 48.8 Å². The Hall–Kier alpha value is -3.00. The number of carbonyl (C=O) groups excluding carboxylic acids is 2. The zero-order valence-corrected chi connectivity index (χ0v) is 13.4. The smallest absolute Gasteiger partial charge is 0.410 e. The highest BCUT2D eigenvalue weighted by Gasteiger charge is 2.40. The quantitative estimate of drug-likeness (QED) is 0.865. The number of hydrogen-bond donors (Lipinski definition) is 2. The maximum atomic E-state index is 12.4. The van der Waals surface area contributed by atoms with Gasteiger partial charge in [0.25, 0.3) is 0 Å². The minimum Gasteiger partial charge on any atom is -0.445 e. The normalized spacial score (nSPS) is 19.5. The van der Waals surface area contributed by atoms with Crippen LogP contribution < -0.4 is 5.32 Å². The monoisotopic (exact) mass is 342 g/mol. The van der Waals surface area contributed by atoms with Crippen LogP contribution in [-0.4, -0.2) is 50.7 Å². The summed E-state index contributed by atoms with van der Waals surface area (Å²) in [5, 5.41) is 12.4. The molecule has 2 heterocycles. The number of likely N-dealkylation sites (tertiary alicyclic amines) is 1. The van der Waals surface area contributed by atoms with Gasteiger partial charge in [-0.05, 0) is 11.6 Å². The van der Waals surface area contributed by atoms with Gasteiger partial charge in [-0.15, -0.1) is 0 Å². The van der Waals surface area contributed by atoms with Gasteiger partial charge < -0.3 is 9.84 Å². The molecule has 1 aliphatic rings. The second-order valence-electron chi connectivity index (χ2n) is 5.66. The Morgan fingerprint density at radius 1 is 1.20 bits per heavy atom. The van der Waals surface area contributed by atoms with Gasteiger partial charge in [0.15, 0.2) is 0 Å². The second kappa shape index (κ2) is 7.71. The minimum atomic E-state index is -0.831. The largest absolute Gasteiger partial charge is 0.445 e. The third-order valence-corrected chi connectivity index (χ3v) is 3.82. The summed E-state index contributed by atoms with van der Waals surface area (Å²) in [5.41, 5.74) is 0.842. The molecule has 25 heavy (non-hydrogen) atoms. The van der Waals surface area contributed by atoms with Gasteiger partial charge in [-0.3, -0.25) is 15.0 Å². The third-order valence-electron chi connectivity index (χ3n) is 3.82. The van der Waals surface area contributed by atoms with E-state index in [2.05, 4.69) is 15.3 Å². The van der Waals surface area contributed by atoms with Crippen LogP contribution in [-0.2, 0) is 16.1 Å². The van der Waals surface area contributed by atoms with Gasteiger partial charge in [0.2, 0.25) is 11.9 Å². The van der Waals surface area contributed by atoms with Crippen LogP contribution in [0.3, 0.4) is 0 Å². The fourth-order valence-corrected chi connectivity index (χ4v) is 2.62. The molecular weight excluding hydrogens is 324 g/mol. The molecular formula is C17H18N4O4. The van der Waals surface area contributed by atoms with E-state index < -0.39 is 24.1 Å². The average molecular weight is 342 g/mol. The van der Waals surface area contributed by atoms with Gasteiger partial charge in [0, 0.05) is 18.8 Å². The molecule has 1 aromatic heterocycles. The number of amides is 2. The highest BCUT2D eigenvalue weighted by molar-refractivity contribution is 5.95. The van der Waals surface area contributed by atoms with Crippen LogP contribution in [0.25, 0.3) is 0 Å². The van der Waals surface area contributed by atoms with Gasteiger partial charge in [-0.25, -0.2) is 14.8 Å². The van der Waals surface area contributed by atoms with Gasteiger partial charge in [-0.1, -0.05) is 30.3 Å². The first-order valence-corrected chi connectivity index (χ1v) is 7.87. The molecule has 2 atom stereocenters. The van der Waals surface area contributed by atoms with Crippen molar-refractivity contribution in [2.75, 3.05) is 11.9 Å². The number of ether oxygens (including phenoxy) is 1. The fraction of sp³-hybridized carbons (Fsp3) is 0.294. The number of nitrogens with one attached hydrogen (secondary N) is 1. The highest BCUT2D eigenvalue weighted by Crippen LogP contribution is 2.20. The zero-order valence-electron chi connectivity index (χ0n) is 13.4. The molecule has 2 aromatic rings. The van der Waals surface area contributed by atoms with E-state index in [9.17, 15) is 14.7 Å². The molecule has 130 valence electrons. The molecule has 2 N–H and O–H groups in total. The first-order valence-electron chi connectivity index (χ1n) is 7.87. The molecule has 0 bridgehead atoms. The van der Waals surface area contributed by atoms with Crippen molar-refractivity contribution in [3.05, 3.63) is 54.4 Å². The van der Waals surface area contributed by atoms with Crippen molar-refractivity contribution in [1.82, 2.24) is 14.9 Å². The summed E-state index contributed by atoms with van der Waals surface area (Å²) in [4.78, 5) is 33.8. The van der Waals surface area contributed by atoms with Crippen molar-refractivity contribution in [2.24, 2.45) is 0 Å². The molecule has 0 saturated carbocycles. The number of aliphatic hydroxyl groups excluding tert-OH is 1. The lowest BCUT2D eigenvalue weighted by Gasteiger charge is -2.22. The predicted octanol–water partition coefficient (Wildman–Crippen LogP) is 1.19. The summed E-state index contributed by atoms with van der Waals surface area (Å²) in [5.74, 6) is -0.314. The van der Waals surface area contributed by atoms with Gasteiger partial charge in [0.05, 0.1) is 12.6 Å². The number of rotatable bonds is 4. The van der Waals surface area contributed by atoms with Crippen LogP contribution in [0.4, 0.5) is 10.7 Å². The first kappa shape index (κ1) is 16.8. The van der Waals surface area contributed by atoms with Crippen molar-refractivity contribution < 1.29 is 19.4 Å². The standard InChI is InChI=1S/C17H18N4O4/c22-13-9-14(15(23)20-16-18-7-4-8-19-16)21(10-13)17(24)25-11-12-5-2-1-3-6-12/h1-8,13-14,22H,9-11H2,(H,18,19,20,23)/t13-,14+/m1/s1. The lowest BCUT2D eigenvalue weighted by Crippen LogP contribution is -2.43.